The van der Waals surface area contributed by atoms with Crippen LogP contribution in [-0.4, -0.2) is 45.0 Å². The molecule has 8 nitrogen and oxygen atoms in total. The number of rotatable bonds is 3. The first-order valence-electron chi connectivity index (χ1n) is 7.81. The van der Waals surface area contributed by atoms with Crippen LogP contribution in [0, 0.1) is 0 Å². The zero-order chi connectivity index (χ0) is 17.6. The van der Waals surface area contributed by atoms with Gasteiger partial charge < -0.3 is 4.90 Å². The number of hydrogen-bond acceptors (Lipinski definition) is 6. The third-order valence-corrected chi connectivity index (χ3v) is 5.26. The average Bonchev–Trinajstić information content (AvgIpc) is 3.20. The molecule has 0 radical (unpaired) electrons. The Morgan fingerprint density at radius 1 is 1.36 bits per heavy atom. The van der Waals surface area contributed by atoms with Crippen molar-refractivity contribution in [3.8, 4) is 0 Å². The van der Waals surface area contributed by atoms with E-state index in [1.807, 2.05) is 6.92 Å². The first-order chi connectivity index (χ1) is 12.0. The van der Waals surface area contributed by atoms with Gasteiger partial charge in [0.05, 0.1) is 11.3 Å². The van der Waals surface area contributed by atoms with E-state index in [1.165, 1.54) is 21.7 Å². The molecule has 3 heterocycles. The lowest BCUT2D eigenvalue weighted by molar-refractivity contribution is -0.120. The molecule has 0 saturated carbocycles. The largest absolute Gasteiger partial charge is 0.306 e. The smallest absolute Gasteiger partial charge is 0.258 e. The second-order valence-corrected chi connectivity index (χ2v) is 6.98. The van der Waals surface area contributed by atoms with Gasteiger partial charge in [0.2, 0.25) is 16.9 Å². The summed E-state index contributed by atoms with van der Waals surface area (Å²) in [6.45, 7) is 1.66. The molecule has 1 aromatic carbocycles. The highest BCUT2D eigenvalue weighted by Crippen LogP contribution is 2.43. The fourth-order valence-electron chi connectivity index (χ4n) is 3.47. The SMILES string of the molecule is CC12CCC(=O)N1c1ccccc1C(=O)N2CC(=O)Nc1nncs1. The number of benzene rings is 1. The fraction of sp³-hybridized carbons (Fsp3) is 0.312. The third-order valence-electron chi connectivity index (χ3n) is 4.65. The molecule has 1 unspecified atom stereocenters. The quantitative estimate of drug-likeness (QED) is 0.898. The molecule has 25 heavy (non-hydrogen) atoms. The molecule has 4 rings (SSSR count). The average molecular weight is 357 g/mol. The van der Waals surface area contributed by atoms with Crippen LogP contribution in [0.3, 0.4) is 0 Å². The molecule has 0 spiro atoms. The first-order valence-corrected chi connectivity index (χ1v) is 8.69. The minimum absolute atomic E-state index is 0.0445. The molecule has 9 heteroatoms. The summed E-state index contributed by atoms with van der Waals surface area (Å²) in [6.07, 6.45) is 0.824. The van der Waals surface area contributed by atoms with Gasteiger partial charge in [-0.3, -0.25) is 24.6 Å². The van der Waals surface area contributed by atoms with Crippen molar-refractivity contribution in [3.05, 3.63) is 35.3 Å². The van der Waals surface area contributed by atoms with Gasteiger partial charge in [-0.05, 0) is 25.5 Å². The van der Waals surface area contributed by atoms with Gasteiger partial charge in [0.15, 0.2) is 0 Å². The van der Waals surface area contributed by atoms with E-state index in [1.54, 1.807) is 29.2 Å². The fourth-order valence-corrected chi connectivity index (χ4v) is 3.93. The van der Waals surface area contributed by atoms with E-state index in [-0.39, 0.29) is 24.3 Å². The van der Waals surface area contributed by atoms with Crippen molar-refractivity contribution in [2.75, 3.05) is 16.8 Å². The van der Waals surface area contributed by atoms with E-state index in [9.17, 15) is 14.4 Å². The van der Waals surface area contributed by atoms with Crippen molar-refractivity contribution in [2.24, 2.45) is 0 Å². The van der Waals surface area contributed by atoms with Crippen LogP contribution in [0.4, 0.5) is 10.8 Å². The Balaban J connectivity index is 1.68. The Bertz CT molecular complexity index is 868. The number of nitrogens with one attached hydrogen (secondary N) is 1. The molecule has 1 atom stereocenters. The van der Waals surface area contributed by atoms with Crippen molar-refractivity contribution in [3.63, 3.8) is 0 Å². The van der Waals surface area contributed by atoms with Crippen LogP contribution in [0.2, 0.25) is 0 Å². The van der Waals surface area contributed by atoms with E-state index in [2.05, 4.69) is 15.5 Å². The number of amides is 3. The van der Waals surface area contributed by atoms with Crippen molar-refractivity contribution < 1.29 is 14.4 Å². The molecular formula is C16H15N5O3S. The van der Waals surface area contributed by atoms with Gasteiger partial charge in [-0.25, -0.2) is 0 Å². The van der Waals surface area contributed by atoms with Gasteiger partial charge >= 0.3 is 0 Å². The minimum Gasteiger partial charge on any atom is -0.306 e. The maximum absolute atomic E-state index is 13.0. The Kier molecular flexibility index (Phi) is 3.53. The maximum atomic E-state index is 13.0. The molecule has 1 saturated heterocycles. The van der Waals surface area contributed by atoms with Gasteiger partial charge in [-0.1, -0.05) is 23.5 Å². The highest BCUT2D eigenvalue weighted by atomic mass is 32.1. The van der Waals surface area contributed by atoms with Crippen molar-refractivity contribution in [2.45, 2.75) is 25.4 Å². The predicted molar refractivity (Wildman–Crippen MR) is 91.1 cm³/mol. The molecular weight excluding hydrogens is 342 g/mol. The molecule has 128 valence electrons. The lowest BCUT2D eigenvalue weighted by Gasteiger charge is -2.48. The summed E-state index contributed by atoms with van der Waals surface area (Å²) in [5.74, 6) is -0.668. The highest BCUT2D eigenvalue weighted by Gasteiger charge is 2.53. The van der Waals surface area contributed by atoms with Gasteiger partial charge in [0.25, 0.3) is 5.91 Å². The lowest BCUT2D eigenvalue weighted by atomic mass is 9.98. The predicted octanol–water partition coefficient (Wildman–Crippen LogP) is 1.48. The van der Waals surface area contributed by atoms with Crippen LogP contribution in [-0.2, 0) is 9.59 Å². The van der Waals surface area contributed by atoms with Crippen LogP contribution in [0.15, 0.2) is 29.8 Å². The monoisotopic (exact) mass is 357 g/mol. The number of carbonyl (C=O) groups is 3. The topological polar surface area (TPSA) is 95.5 Å². The number of anilines is 2. The Hall–Kier alpha value is -2.81. The molecule has 1 aromatic heterocycles. The Labute approximate surface area is 147 Å². The number of hydrogen-bond donors (Lipinski definition) is 1. The second-order valence-electron chi connectivity index (χ2n) is 6.15. The second kappa shape index (κ2) is 5.62. The normalized spacial score (nSPS) is 22.0. The molecule has 1 fully saturated rings. The molecule has 1 N–H and O–H groups in total. The summed E-state index contributed by atoms with van der Waals surface area (Å²) in [6, 6.07) is 7.00. The van der Waals surface area contributed by atoms with E-state index < -0.39 is 5.66 Å². The van der Waals surface area contributed by atoms with Crippen LogP contribution in [0.5, 0.6) is 0 Å². The van der Waals surface area contributed by atoms with Gasteiger partial charge in [-0.15, -0.1) is 10.2 Å². The van der Waals surface area contributed by atoms with Gasteiger partial charge in [0, 0.05) is 6.42 Å². The summed E-state index contributed by atoms with van der Waals surface area (Å²) in [7, 11) is 0. The summed E-state index contributed by atoms with van der Waals surface area (Å²) in [5.41, 5.74) is 1.70. The lowest BCUT2D eigenvalue weighted by Crippen LogP contribution is -2.63. The van der Waals surface area contributed by atoms with Crippen LogP contribution < -0.4 is 10.2 Å². The molecule has 2 aliphatic rings. The summed E-state index contributed by atoms with van der Waals surface area (Å²) >= 11 is 1.20. The molecule has 2 aliphatic heterocycles. The molecule has 2 aromatic rings. The highest BCUT2D eigenvalue weighted by molar-refractivity contribution is 7.13. The first kappa shape index (κ1) is 15.7. The van der Waals surface area contributed by atoms with E-state index in [0.717, 1.165) is 0 Å². The number of para-hydroxylation sites is 1. The number of carbonyl (C=O) groups excluding carboxylic acids is 3. The number of nitrogens with zero attached hydrogens (tertiary/aromatic N) is 4. The van der Waals surface area contributed by atoms with Crippen molar-refractivity contribution >= 4 is 39.9 Å². The van der Waals surface area contributed by atoms with E-state index in [4.69, 9.17) is 0 Å². The van der Waals surface area contributed by atoms with Crippen molar-refractivity contribution in [1.29, 1.82) is 0 Å². The van der Waals surface area contributed by atoms with E-state index >= 15 is 0 Å². The number of aromatic nitrogens is 2. The zero-order valence-corrected chi connectivity index (χ0v) is 14.2. The standard InChI is InChI=1S/C16H15N5O3S/c1-16-7-6-13(23)21(16)11-5-3-2-4-10(11)14(24)20(16)8-12(22)18-15-19-17-9-25-15/h2-5,9H,6-8H2,1H3,(H,18,19,22). The summed E-state index contributed by atoms with van der Waals surface area (Å²) < 4.78 is 0. The van der Waals surface area contributed by atoms with Gasteiger partial charge in [0.1, 0.15) is 17.7 Å². The Morgan fingerprint density at radius 2 is 2.16 bits per heavy atom. The van der Waals surface area contributed by atoms with Crippen LogP contribution in [0.25, 0.3) is 0 Å². The van der Waals surface area contributed by atoms with Crippen LogP contribution >= 0.6 is 11.3 Å². The summed E-state index contributed by atoms with van der Waals surface area (Å²) in [5, 5.41) is 10.4. The molecule has 3 amide bonds. The minimum atomic E-state index is -0.846. The van der Waals surface area contributed by atoms with Crippen LogP contribution in [0.1, 0.15) is 30.1 Å². The zero-order valence-electron chi connectivity index (χ0n) is 13.4. The van der Waals surface area contributed by atoms with Gasteiger partial charge in [-0.2, -0.15) is 0 Å². The summed E-state index contributed by atoms with van der Waals surface area (Å²) in [4.78, 5) is 40.9. The molecule has 0 bridgehead atoms. The maximum Gasteiger partial charge on any atom is 0.258 e. The Morgan fingerprint density at radius 3 is 2.92 bits per heavy atom. The molecule has 0 aliphatic carbocycles. The van der Waals surface area contributed by atoms with E-state index in [0.29, 0.717) is 29.2 Å². The number of fused-ring (bicyclic) bond motifs is 3. The third kappa shape index (κ3) is 2.39. The van der Waals surface area contributed by atoms with Crippen molar-refractivity contribution in [1.82, 2.24) is 15.1 Å².